The number of nitrogens with two attached hydrogens (primary N) is 1. The van der Waals surface area contributed by atoms with Crippen LogP contribution >= 0.6 is 0 Å². The van der Waals surface area contributed by atoms with E-state index in [1.54, 1.807) is 0 Å². The van der Waals surface area contributed by atoms with Crippen molar-refractivity contribution in [2.75, 3.05) is 7.11 Å². The van der Waals surface area contributed by atoms with Gasteiger partial charge in [-0.1, -0.05) is 0 Å². The summed E-state index contributed by atoms with van der Waals surface area (Å²) in [5.74, 6) is -17.0. The van der Waals surface area contributed by atoms with Crippen LogP contribution in [-0.2, 0) is 14.8 Å². The predicted molar refractivity (Wildman–Crippen MR) is 46.8 cm³/mol. The Hall–Kier alpha value is -0.810. The Kier molecular flexibility index (Phi) is 3.05. The number of rotatable bonds is 2. The second-order valence-corrected chi connectivity index (χ2v) is 5.22. The van der Waals surface area contributed by atoms with E-state index in [-0.39, 0.29) is 6.08 Å². The van der Waals surface area contributed by atoms with Crippen molar-refractivity contribution < 1.29 is 39.5 Å². The maximum absolute atomic E-state index is 13.4. The summed E-state index contributed by atoms with van der Waals surface area (Å²) in [6, 6.07) is 0. The molecule has 0 fully saturated rings. The van der Waals surface area contributed by atoms with Crippen molar-refractivity contribution in [3.63, 3.8) is 0 Å². The molecule has 0 radical (unpaired) electrons. The van der Waals surface area contributed by atoms with Gasteiger partial charge in [-0.05, 0) is 12.2 Å². The monoisotopic (exact) mass is 299 g/mol. The standard InChI is InChI=1S/C7H7F6NO3S/c1-17-5(18(14,15)16)3-2-4(8,9)6(10,11)7(5,12)13/h2-3H,1H3,(H2,14,15,16). The third-order valence-corrected chi connectivity index (χ3v) is 3.89. The first-order valence-electron chi connectivity index (χ1n) is 4.18. The maximum atomic E-state index is 13.4. The summed E-state index contributed by atoms with van der Waals surface area (Å²) in [6.07, 6.45) is -1.04. The summed E-state index contributed by atoms with van der Waals surface area (Å²) in [4.78, 5) is -4.05. The van der Waals surface area contributed by atoms with Crippen LogP contribution in [0.5, 0.6) is 0 Å². The number of ether oxygens (including phenoxy) is 1. The fourth-order valence-corrected chi connectivity index (χ4v) is 2.41. The molecule has 0 aliphatic heterocycles. The first-order valence-corrected chi connectivity index (χ1v) is 5.73. The molecule has 11 heteroatoms. The highest BCUT2D eigenvalue weighted by molar-refractivity contribution is 7.90. The average Bonchev–Trinajstić information content (AvgIpc) is 2.14. The zero-order valence-electron chi connectivity index (χ0n) is 8.63. The first-order chi connectivity index (χ1) is 7.77. The van der Waals surface area contributed by atoms with Crippen LogP contribution in [-0.4, -0.2) is 38.2 Å². The fraction of sp³-hybridized carbons (Fsp3) is 0.714. The molecule has 0 spiro atoms. The zero-order valence-corrected chi connectivity index (χ0v) is 9.45. The molecule has 4 nitrogen and oxygen atoms in total. The molecule has 0 bridgehead atoms. The van der Waals surface area contributed by atoms with Gasteiger partial charge in [0.1, 0.15) is 0 Å². The minimum Gasteiger partial charge on any atom is -0.353 e. The second-order valence-electron chi connectivity index (χ2n) is 3.52. The highest BCUT2D eigenvalue weighted by Gasteiger charge is 2.83. The van der Waals surface area contributed by atoms with Gasteiger partial charge < -0.3 is 4.74 Å². The highest BCUT2D eigenvalue weighted by atomic mass is 32.2. The summed E-state index contributed by atoms with van der Waals surface area (Å²) in [6.45, 7) is 0. The van der Waals surface area contributed by atoms with E-state index >= 15 is 0 Å². The lowest BCUT2D eigenvalue weighted by Gasteiger charge is -2.43. The van der Waals surface area contributed by atoms with Crippen molar-refractivity contribution in [2.45, 2.75) is 22.7 Å². The van der Waals surface area contributed by atoms with E-state index in [1.165, 1.54) is 0 Å². The molecule has 1 aliphatic carbocycles. The summed E-state index contributed by atoms with van der Waals surface area (Å²) in [5.41, 5.74) is 0. The third-order valence-electron chi connectivity index (χ3n) is 2.49. The van der Waals surface area contributed by atoms with Crippen LogP contribution in [0.15, 0.2) is 12.2 Å². The molecule has 0 saturated heterocycles. The van der Waals surface area contributed by atoms with Gasteiger partial charge in [-0.3, -0.25) is 0 Å². The molecule has 106 valence electrons. The fourth-order valence-electron chi connectivity index (χ4n) is 1.44. The Morgan fingerprint density at radius 2 is 1.44 bits per heavy atom. The Morgan fingerprint density at radius 3 is 1.78 bits per heavy atom. The van der Waals surface area contributed by atoms with Gasteiger partial charge in [0.05, 0.1) is 0 Å². The summed E-state index contributed by atoms with van der Waals surface area (Å²) >= 11 is 0. The lowest BCUT2D eigenvalue weighted by molar-refractivity contribution is -0.329. The summed E-state index contributed by atoms with van der Waals surface area (Å²) < 4.78 is 104. The van der Waals surface area contributed by atoms with Crippen LogP contribution in [0.4, 0.5) is 26.3 Å². The largest absolute Gasteiger partial charge is 0.380 e. The topological polar surface area (TPSA) is 69.4 Å². The van der Waals surface area contributed by atoms with Gasteiger partial charge in [-0.15, -0.1) is 0 Å². The van der Waals surface area contributed by atoms with E-state index in [0.717, 1.165) is 0 Å². The molecule has 18 heavy (non-hydrogen) atoms. The molecule has 0 saturated carbocycles. The molecule has 0 amide bonds. The molecular formula is C7H7F6NO3S. The van der Waals surface area contributed by atoms with Gasteiger partial charge in [0.15, 0.2) is 0 Å². The lowest BCUT2D eigenvalue weighted by Crippen LogP contribution is -2.71. The quantitative estimate of drug-likeness (QED) is 0.613. The molecule has 1 rings (SSSR count). The van der Waals surface area contributed by atoms with Crippen LogP contribution < -0.4 is 5.14 Å². The van der Waals surface area contributed by atoms with Crippen molar-refractivity contribution in [3.05, 3.63) is 12.2 Å². The molecule has 1 atom stereocenters. The van der Waals surface area contributed by atoms with Gasteiger partial charge in [0.2, 0.25) is 10.0 Å². The maximum Gasteiger partial charge on any atom is 0.380 e. The van der Waals surface area contributed by atoms with E-state index in [9.17, 15) is 34.8 Å². The summed E-state index contributed by atoms with van der Waals surface area (Å²) in [5, 5.41) is 4.38. The molecule has 1 aliphatic rings. The van der Waals surface area contributed by atoms with Crippen LogP contribution in [0.3, 0.4) is 0 Å². The van der Waals surface area contributed by atoms with Crippen molar-refractivity contribution in [1.29, 1.82) is 0 Å². The van der Waals surface area contributed by atoms with Crippen LogP contribution in [0.1, 0.15) is 0 Å². The third kappa shape index (κ3) is 1.50. The molecule has 2 N–H and O–H groups in total. The minimum absolute atomic E-state index is 0.336. The van der Waals surface area contributed by atoms with Gasteiger partial charge in [-0.25, -0.2) is 13.6 Å². The van der Waals surface area contributed by atoms with Crippen LogP contribution in [0.2, 0.25) is 0 Å². The SMILES string of the molecule is COC1(S(N)(=O)=O)C=CC(F)(F)C(F)(F)C1(F)F. The summed E-state index contributed by atoms with van der Waals surface area (Å²) in [7, 11) is -5.10. The Labute approximate surface area is 97.4 Å². The Morgan fingerprint density at radius 1 is 1.00 bits per heavy atom. The molecule has 0 aromatic rings. The number of methoxy groups -OCH3 is 1. The van der Waals surface area contributed by atoms with E-state index in [0.29, 0.717) is 7.11 Å². The number of hydrogen-bond donors (Lipinski definition) is 1. The second kappa shape index (κ2) is 3.61. The average molecular weight is 299 g/mol. The van der Waals surface area contributed by atoms with Crippen molar-refractivity contribution >= 4 is 10.0 Å². The Bertz CT molecular complexity index is 487. The minimum atomic E-state index is -5.98. The van der Waals surface area contributed by atoms with E-state index in [2.05, 4.69) is 9.88 Å². The van der Waals surface area contributed by atoms with Gasteiger partial charge in [0.25, 0.3) is 4.93 Å². The van der Waals surface area contributed by atoms with Crippen LogP contribution in [0, 0.1) is 0 Å². The van der Waals surface area contributed by atoms with Gasteiger partial charge in [-0.2, -0.15) is 26.3 Å². The van der Waals surface area contributed by atoms with Crippen molar-refractivity contribution in [1.82, 2.24) is 0 Å². The number of sulfonamides is 1. The Balaban J connectivity index is 3.71. The zero-order chi connectivity index (χ0) is 14.6. The van der Waals surface area contributed by atoms with Crippen LogP contribution in [0.25, 0.3) is 0 Å². The number of halogens is 6. The van der Waals surface area contributed by atoms with Crippen molar-refractivity contribution in [3.8, 4) is 0 Å². The number of alkyl halides is 6. The number of primary sulfonamides is 1. The predicted octanol–water partition coefficient (Wildman–Crippen LogP) is 1.09. The molecule has 0 heterocycles. The number of hydrogen-bond acceptors (Lipinski definition) is 3. The molecule has 0 aromatic heterocycles. The molecule has 0 aromatic carbocycles. The highest BCUT2D eigenvalue weighted by Crippen LogP contribution is 2.56. The van der Waals surface area contributed by atoms with Gasteiger partial charge in [0, 0.05) is 7.11 Å². The van der Waals surface area contributed by atoms with Gasteiger partial charge >= 0.3 is 17.8 Å². The normalized spacial score (nSPS) is 33.3. The van der Waals surface area contributed by atoms with Crippen molar-refractivity contribution in [2.24, 2.45) is 5.14 Å². The van der Waals surface area contributed by atoms with E-state index < -0.39 is 38.8 Å². The van der Waals surface area contributed by atoms with E-state index in [4.69, 9.17) is 0 Å². The first kappa shape index (κ1) is 15.2. The van der Waals surface area contributed by atoms with E-state index in [1.807, 2.05) is 0 Å². The lowest BCUT2D eigenvalue weighted by atomic mass is 9.92. The molecule has 1 unspecified atom stereocenters. The smallest absolute Gasteiger partial charge is 0.353 e. The number of allylic oxidation sites excluding steroid dienone is 1. The molecular weight excluding hydrogens is 292 g/mol.